The molecule has 0 atom stereocenters. The van der Waals surface area contributed by atoms with Crippen LogP contribution in [0.15, 0.2) is 17.2 Å². The highest BCUT2D eigenvalue weighted by Gasteiger charge is 2.38. The lowest BCUT2D eigenvalue weighted by atomic mass is 10.4. The molecule has 0 aliphatic carbocycles. The second kappa shape index (κ2) is 3.19. The molecule has 0 unspecified atom stereocenters. The van der Waals surface area contributed by atoms with Gasteiger partial charge in [0.2, 0.25) is 0 Å². The van der Waals surface area contributed by atoms with E-state index in [0.717, 1.165) is 12.3 Å². The molecule has 0 aromatic carbocycles. The first kappa shape index (κ1) is 10.9. The van der Waals surface area contributed by atoms with Crippen molar-refractivity contribution in [3.8, 4) is 0 Å². The number of hydrogen-bond acceptors (Lipinski definition) is 4. The molecule has 0 saturated carbocycles. The zero-order valence-corrected chi connectivity index (χ0v) is 7.72. The van der Waals surface area contributed by atoms with E-state index in [1.807, 2.05) is 0 Å². The van der Waals surface area contributed by atoms with Crippen molar-refractivity contribution in [2.24, 2.45) is 0 Å². The average Bonchev–Trinajstić information content (AvgIpc) is 2.01. The molecule has 0 spiro atoms. The Morgan fingerprint density at radius 3 is 2.29 bits per heavy atom. The van der Waals surface area contributed by atoms with Crippen LogP contribution in [0.5, 0.6) is 0 Å². The Hall–Kier alpha value is -1.18. The van der Waals surface area contributed by atoms with E-state index < -0.39 is 26.6 Å². The van der Waals surface area contributed by atoms with Crippen molar-refractivity contribution in [3.05, 3.63) is 18.0 Å². The van der Waals surface area contributed by atoms with Crippen LogP contribution in [0.4, 0.5) is 13.2 Å². The summed E-state index contributed by atoms with van der Waals surface area (Å²) in [7, 11) is -3.94. The summed E-state index contributed by atoms with van der Waals surface area (Å²) in [5, 5.41) is 5.75. The molecule has 1 aromatic heterocycles. The van der Waals surface area contributed by atoms with Crippen LogP contribution in [0, 0.1) is 0 Å². The fourth-order valence-electron chi connectivity index (χ4n) is 0.816. The van der Waals surface area contributed by atoms with Gasteiger partial charge in [-0.05, 0) is 6.07 Å². The van der Waals surface area contributed by atoms with Gasteiger partial charge in [-0.2, -0.15) is 18.3 Å². The van der Waals surface area contributed by atoms with Gasteiger partial charge in [-0.3, -0.25) is 0 Å². The average molecular weight is 226 g/mol. The number of sulfone groups is 1. The normalized spacial score (nSPS) is 12.9. The minimum Gasteiger partial charge on any atom is -0.224 e. The third kappa shape index (κ3) is 2.19. The third-order valence-electron chi connectivity index (χ3n) is 1.35. The Morgan fingerprint density at radius 2 is 1.93 bits per heavy atom. The van der Waals surface area contributed by atoms with Crippen LogP contribution < -0.4 is 0 Å². The first-order valence-corrected chi connectivity index (χ1v) is 5.21. The molecule has 0 amide bonds. The smallest absolute Gasteiger partial charge is 0.224 e. The van der Waals surface area contributed by atoms with Gasteiger partial charge in [-0.15, -0.1) is 5.10 Å². The van der Waals surface area contributed by atoms with Crippen LogP contribution in [0.25, 0.3) is 0 Å². The fourth-order valence-corrected chi connectivity index (χ4v) is 1.63. The Labute approximate surface area is 77.7 Å². The zero-order valence-electron chi connectivity index (χ0n) is 6.91. The maximum atomic E-state index is 12.2. The summed E-state index contributed by atoms with van der Waals surface area (Å²) in [6.07, 6.45) is -3.24. The lowest BCUT2D eigenvalue weighted by molar-refractivity contribution is -0.144. The van der Waals surface area contributed by atoms with Gasteiger partial charge in [0.15, 0.2) is 15.5 Å². The summed E-state index contributed by atoms with van der Waals surface area (Å²) < 4.78 is 58.5. The summed E-state index contributed by atoms with van der Waals surface area (Å²) in [5.41, 5.74) is -1.48. The lowest BCUT2D eigenvalue weighted by Gasteiger charge is -2.08. The maximum absolute atomic E-state index is 12.2. The van der Waals surface area contributed by atoms with Gasteiger partial charge in [-0.25, -0.2) is 8.42 Å². The number of nitrogens with zero attached hydrogens (tertiary/aromatic N) is 2. The van der Waals surface area contributed by atoms with E-state index in [-0.39, 0.29) is 0 Å². The minimum absolute atomic E-state index is 0.680. The summed E-state index contributed by atoms with van der Waals surface area (Å²) in [6.45, 7) is 0. The van der Waals surface area contributed by atoms with Crippen molar-refractivity contribution < 1.29 is 21.6 Å². The highest BCUT2D eigenvalue weighted by Crippen LogP contribution is 2.31. The molecule has 1 heterocycles. The molecule has 14 heavy (non-hydrogen) atoms. The van der Waals surface area contributed by atoms with Crippen LogP contribution >= 0.6 is 0 Å². The predicted molar refractivity (Wildman–Crippen MR) is 40.1 cm³/mol. The number of halogens is 3. The van der Waals surface area contributed by atoms with Crippen molar-refractivity contribution in [1.82, 2.24) is 10.2 Å². The molecule has 0 bridgehead atoms. The third-order valence-corrected chi connectivity index (χ3v) is 2.48. The van der Waals surface area contributed by atoms with Gasteiger partial charge in [-0.1, -0.05) is 0 Å². The molecule has 0 saturated heterocycles. The van der Waals surface area contributed by atoms with Gasteiger partial charge < -0.3 is 0 Å². The van der Waals surface area contributed by atoms with E-state index >= 15 is 0 Å². The summed E-state index contributed by atoms with van der Waals surface area (Å²) >= 11 is 0. The molecule has 78 valence electrons. The van der Waals surface area contributed by atoms with Crippen LogP contribution in [0.1, 0.15) is 5.69 Å². The number of hydrogen-bond donors (Lipinski definition) is 0. The van der Waals surface area contributed by atoms with Gasteiger partial charge in [0, 0.05) is 6.26 Å². The number of rotatable bonds is 1. The van der Waals surface area contributed by atoms with Crippen LogP contribution in [-0.2, 0) is 16.0 Å². The van der Waals surface area contributed by atoms with Crippen molar-refractivity contribution in [3.63, 3.8) is 0 Å². The minimum atomic E-state index is -4.81. The summed E-state index contributed by atoms with van der Waals surface area (Å²) in [6, 6.07) is 0.769. The molecular formula is C6H5F3N2O2S. The molecule has 4 nitrogen and oxygen atoms in total. The van der Waals surface area contributed by atoms with E-state index in [4.69, 9.17) is 0 Å². The maximum Gasteiger partial charge on any atom is 0.436 e. The Morgan fingerprint density at radius 1 is 1.36 bits per heavy atom. The topological polar surface area (TPSA) is 59.9 Å². The van der Waals surface area contributed by atoms with E-state index in [0.29, 0.717) is 6.26 Å². The van der Waals surface area contributed by atoms with Gasteiger partial charge >= 0.3 is 6.18 Å². The van der Waals surface area contributed by atoms with E-state index in [1.165, 1.54) is 0 Å². The molecule has 0 aliphatic heterocycles. The van der Waals surface area contributed by atoms with Crippen molar-refractivity contribution >= 4 is 9.84 Å². The Balaban J connectivity index is 3.47. The largest absolute Gasteiger partial charge is 0.436 e. The van der Waals surface area contributed by atoms with Crippen LogP contribution in [-0.4, -0.2) is 24.9 Å². The first-order chi connectivity index (χ1) is 6.23. The van der Waals surface area contributed by atoms with Crippen molar-refractivity contribution in [2.45, 2.75) is 11.1 Å². The van der Waals surface area contributed by atoms with Crippen LogP contribution in [0.3, 0.4) is 0 Å². The molecule has 0 N–H and O–H groups in total. The van der Waals surface area contributed by atoms with Crippen molar-refractivity contribution in [1.29, 1.82) is 0 Å². The second-order valence-electron chi connectivity index (χ2n) is 2.51. The second-order valence-corrected chi connectivity index (χ2v) is 4.50. The summed E-state index contributed by atoms with van der Waals surface area (Å²) in [4.78, 5) is -0.861. The first-order valence-electron chi connectivity index (χ1n) is 3.32. The van der Waals surface area contributed by atoms with E-state index in [1.54, 1.807) is 0 Å². The molecule has 1 rings (SSSR count). The summed E-state index contributed by atoms with van der Waals surface area (Å²) in [5.74, 6) is 0. The van der Waals surface area contributed by atoms with Gasteiger partial charge in [0.25, 0.3) is 0 Å². The van der Waals surface area contributed by atoms with E-state index in [2.05, 4.69) is 10.2 Å². The highest BCUT2D eigenvalue weighted by atomic mass is 32.2. The van der Waals surface area contributed by atoms with Gasteiger partial charge in [0.1, 0.15) is 4.90 Å². The monoisotopic (exact) mass is 226 g/mol. The fraction of sp³-hybridized carbons (Fsp3) is 0.333. The van der Waals surface area contributed by atoms with Crippen molar-refractivity contribution in [2.75, 3.05) is 6.26 Å². The number of aromatic nitrogens is 2. The van der Waals surface area contributed by atoms with Crippen LogP contribution in [0.2, 0.25) is 0 Å². The SMILES string of the molecule is CS(=O)(=O)c1ccnnc1C(F)(F)F. The molecule has 0 radical (unpaired) electrons. The Kier molecular flexibility index (Phi) is 2.49. The van der Waals surface area contributed by atoms with Gasteiger partial charge in [0.05, 0.1) is 6.20 Å². The highest BCUT2D eigenvalue weighted by molar-refractivity contribution is 7.90. The molecule has 0 fully saturated rings. The zero-order chi connectivity index (χ0) is 11.0. The standard InChI is InChI=1S/C6H5F3N2O2S/c1-14(12,13)4-2-3-10-11-5(4)6(7,8)9/h2-3H,1H3. The predicted octanol–water partition coefficient (Wildman–Crippen LogP) is 0.899. The van der Waals surface area contributed by atoms with E-state index in [9.17, 15) is 21.6 Å². The molecular weight excluding hydrogens is 221 g/mol. The lowest BCUT2D eigenvalue weighted by Crippen LogP contribution is -2.15. The quantitative estimate of drug-likeness (QED) is 0.713. The molecule has 0 aliphatic rings. The Bertz CT molecular complexity index is 441. The molecule has 1 aromatic rings. The number of alkyl halides is 3. The molecule has 8 heteroatoms.